The molecule has 0 amide bonds. The van der Waals surface area contributed by atoms with Gasteiger partial charge in [-0.2, -0.15) is 5.10 Å². The van der Waals surface area contributed by atoms with Gasteiger partial charge in [0.2, 0.25) is 0 Å². The number of hydrogen-bond acceptors (Lipinski definition) is 3. The van der Waals surface area contributed by atoms with Crippen LogP contribution in [-0.2, 0) is 0 Å². The SMILES string of the molecule is Cc1cn(-c2cncc3ccccc23)nc1N. The molecule has 2 aromatic heterocycles. The van der Waals surface area contributed by atoms with Crippen LogP contribution in [0.15, 0.2) is 42.9 Å². The van der Waals surface area contributed by atoms with Crippen LogP contribution in [0.25, 0.3) is 16.5 Å². The second-order valence-electron chi connectivity index (χ2n) is 4.02. The molecule has 0 atom stereocenters. The predicted molar refractivity (Wildman–Crippen MR) is 68.0 cm³/mol. The average Bonchev–Trinajstić information content (AvgIpc) is 2.69. The van der Waals surface area contributed by atoms with Crippen molar-refractivity contribution in [2.45, 2.75) is 6.92 Å². The first kappa shape index (κ1) is 9.84. The van der Waals surface area contributed by atoms with E-state index in [1.807, 2.05) is 37.5 Å². The predicted octanol–water partition coefficient (Wildman–Crippen LogP) is 2.31. The summed E-state index contributed by atoms with van der Waals surface area (Å²) >= 11 is 0. The highest BCUT2D eigenvalue weighted by Crippen LogP contribution is 2.21. The van der Waals surface area contributed by atoms with Gasteiger partial charge in [0.1, 0.15) is 5.82 Å². The summed E-state index contributed by atoms with van der Waals surface area (Å²) in [7, 11) is 0. The lowest BCUT2D eigenvalue weighted by Gasteiger charge is -2.05. The van der Waals surface area contributed by atoms with Crippen LogP contribution in [0.2, 0.25) is 0 Å². The fourth-order valence-electron chi connectivity index (χ4n) is 1.88. The lowest BCUT2D eigenvalue weighted by molar-refractivity contribution is 0.887. The van der Waals surface area contributed by atoms with Gasteiger partial charge in [0.25, 0.3) is 0 Å². The summed E-state index contributed by atoms with van der Waals surface area (Å²) in [4.78, 5) is 4.23. The van der Waals surface area contributed by atoms with Crippen molar-refractivity contribution in [1.82, 2.24) is 14.8 Å². The molecule has 0 spiro atoms. The largest absolute Gasteiger partial charge is 0.382 e. The number of aromatic nitrogens is 3. The molecule has 0 bridgehead atoms. The molecule has 0 saturated carbocycles. The Labute approximate surface area is 98.7 Å². The minimum Gasteiger partial charge on any atom is -0.382 e. The van der Waals surface area contributed by atoms with E-state index in [-0.39, 0.29) is 0 Å². The molecule has 0 aliphatic carbocycles. The van der Waals surface area contributed by atoms with E-state index in [0.29, 0.717) is 5.82 Å². The number of pyridine rings is 1. The van der Waals surface area contributed by atoms with Gasteiger partial charge in [0.15, 0.2) is 0 Å². The van der Waals surface area contributed by atoms with Crippen molar-refractivity contribution >= 4 is 16.6 Å². The first-order valence-corrected chi connectivity index (χ1v) is 5.40. The Bertz CT molecular complexity index is 660. The number of aryl methyl sites for hydroxylation is 1. The van der Waals surface area contributed by atoms with E-state index >= 15 is 0 Å². The van der Waals surface area contributed by atoms with Crippen LogP contribution in [0.1, 0.15) is 5.56 Å². The Hall–Kier alpha value is -2.36. The van der Waals surface area contributed by atoms with Gasteiger partial charge in [-0.1, -0.05) is 24.3 Å². The van der Waals surface area contributed by atoms with Crippen molar-refractivity contribution in [3.63, 3.8) is 0 Å². The van der Waals surface area contributed by atoms with E-state index in [2.05, 4.69) is 16.1 Å². The first-order valence-electron chi connectivity index (χ1n) is 5.40. The van der Waals surface area contributed by atoms with Gasteiger partial charge in [-0.05, 0) is 6.92 Å². The van der Waals surface area contributed by atoms with E-state index in [4.69, 9.17) is 5.73 Å². The van der Waals surface area contributed by atoms with E-state index < -0.39 is 0 Å². The number of hydrogen-bond donors (Lipinski definition) is 1. The first-order chi connectivity index (χ1) is 8.25. The van der Waals surface area contributed by atoms with Gasteiger partial charge in [-0.3, -0.25) is 4.98 Å². The molecule has 0 unspecified atom stereocenters. The molecule has 17 heavy (non-hydrogen) atoms. The van der Waals surface area contributed by atoms with Crippen LogP contribution in [0.3, 0.4) is 0 Å². The molecule has 0 aliphatic rings. The monoisotopic (exact) mass is 224 g/mol. The molecule has 0 radical (unpaired) electrons. The second kappa shape index (κ2) is 3.59. The summed E-state index contributed by atoms with van der Waals surface area (Å²) in [5, 5.41) is 6.49. The van der Waals surface area contributed by atoms with Crippen LogP contribution in [0.4, 0.5) is 5.82 Å². The molecule has 0 saturated heterocycles. The van der Waals surface area contributed by atoms with Crippen molar-refractivity contribution in [3.05, 3.63) is 48.4 Å². The molecule has 0 aliphatic heterocycles. The van der Waals surface area contributed by atoms with E-state index in [9.17, 15) is 0 Å². The molecular formula is C13H12N4. The standard InChI is InChI=1S/C13H12N4/c1-9-8-17(16-13(9)14)12-7-15-6-10-4-2-3-5-11(10)12/h2-8H,1H3,(H2,14,16). The number of benzene rings is 1. The lowest BCUT2D eigenvalue weighted by Crippen LogP contribution is -1.98. The number of anilines is 1. The van der Waals surface area contributed by atoms with Crippen molar-refractivity contribution in [2.75, 3.05) is 5.73 Å². The summed E-state index contributed by atoms with van der Waals surface area (Å²) < 4.78 is 1.78. The van der Waals surface area contributed by atoms with Gasteiger partial charge in [0.05, 0.1) is 11.9 Å². The smallest absolute Gasteiger partial charge is 0.148 e. The maximum atomic E-state index is 5.77. The molecule has 1 aromatic carbocycles. The third-order valence-electron chi connectivity index (χ3n) is 2.83. The van der Waals surface area contributed by atoms with Crippen LogP contribution in [0.5, 0.6) is 0 Å². The van der Waals surface area contributed by atoms with Crippen molar-refractivity contribution < 1.29 is 0 Å². The van der Waals surface area contributed by atoms with Gasteiger partial charge in [-0.15, -0.1) is 0 Å². The maximum absolute atomic E-state index is 5.77. The van der Waals surface area contributed by atoms with Crippen molar-refractivity contribution in [2.24, 2.45) is 0 Å². The zero-order chi connectivity index (χ0) is 11.8. The van der Waals surface area contributed by atoms with Gasteiger partial charge >= 0.3 is 0 Å². The zero-order valence-electron chi connectivity index (χ0n) is 9.46. The van der Waals surface area contributed by atoms with Crippen molar-refractivity contribution in [3.8, 4) is 5.69 Å². The fourth-order valence-corrected chi connectivity index (χ4v) is 1.88. The maximum Gasteiger partial charge on any atom is 0.148 e. The Balaban J connectivity index is 2.30. The summed E-state index contributed by atoms with van der Waals surface area (Å²) in [5.74, 6) is 0.554. The Kier molecular flexibility index (Phi) is 2.08. The fraction of sp³-hybridized carbons (Fsp3) is 0.0769. The molecule has 4 heteroatoms. The van der Waals surface area contributed by atoms with Crippen LogP contribution in [-0.4, -0.2) is 14.8 Å². The lowest BCUT2D eigenvalue weighted by atomic mass is 10.1. The number of nitrogen functional groups attached to an aromatic ring is 1. The Morgan fingerprint density at radius 1 is 1.18 bits per heavy atom. The zero-order valence-corrected chi connectivity index (χ0v) is 9.46. The Morgan fingerprint density at radius 2 is 2.00 bits per heavy atom. The van der Waals surface area contributed by atoms with Crippen LogP contribution < -0.4 is 5.73 Å². The third-order valence-corrected chi connectivity index (χ3v) is 2.83. The molecule has 0 fully saturated rings. The minimum absolute atomic E-state index is 0.554. The normalized spacial score (nSPS) is 10.9. The average molecular weight is 224 g/mol. The number of fused-ring (bicyclic) bond motifs is 1. The molecule has 4 nitrogen and oxygen atoms in total. The number of rotatable bonds is 1. The topological polar surface area (TPSA) is 56.7 Å². The summed E-state index contributed by atoms with van der Waals surface area (Å²) in [6.45, 7) is 1.94. The van der Waals surface area contributed by atoms with E-state index in [0.717, 1.165) is 22.0 Å². The quantitative estimate of drug-likeness (QED) is 0.690. The minimum atomic E-state index is 0.554. The highest BCUT2D eigenvalue weighted by Gasteiger charge is 2.06. The van der Waals surface area contributed by atoms with E-state index in [1.54, 1.807) is 10.9 Å². The molecule has 2 N–H and O–H groups in total. The van der Waals surface area contributed by atoms with Gasteiger partial charge < -0.3 is 5.73 Å². The van der Waals surface area contributed by atoms with Crippen molar-refractivity contribution in [1.29, 1.82) is 0 Å². The second-order valence-corrected chi connectivity index (χ2v) is 4.02. The van der Waals surface area contributed by atoms with Gasteiger partial charge in [-0.25, -0.2) is 4.68 Å². The molecule has 3 aromatic rings. The summed E-state index contributed by atoms with van der Waals surface area (Å²) in [6, 6.07) is 8.09. The summed E-state index contributed by atoms with van der Waals surface area (Å²) in [5.41, 5.74) is 7.69. The Morgan fingerprint density at radius 3 is 2.76 bits per heavy atom. The summed E-state index contributed by atoms with van der Waals surface area (Å²) in [6.07, 6.45) is 5.56. The van der Waals surface area contributed by atoms with E-state index in [1.165, 1.54) is 0 Å². The molecular weight excluding hydrogens is 212 g/mol. The highest BCUT2D eigenvalue weighted by molar-refractivity contribution is 5.88. The van der Waals surface area contributed by atoms with Crippen LogP contribution >= 0.6 is 0 Å². The number of nitrogens with zero attached hydrogens (tertiary/aromatic N) is 3. The third kappa shape index (κ3) is 1.54. The molecule has 2 heterocycles. The van der Waals surface area contributed by atoms with Crippen LogP contribution in [0, 0.1) is 6.92 Å². The van der Waals surface area contributed by atoms with Gasteiger partial charge in [0, 0.05) is 28.7 Å². The molecule has 84 valence electrons. The number of nitrogens with two attached hydrogens (primary N) is 1. The molecule has 3 rings (SSSR count). The highest BCUT2D eigenvalue weighted by atomic mass is 15.3.